The second kappa shape index (κ2) is 11.0. The molecule has 184 valence electrons. The third kappa shape index (κ3) is 5.69. The lowest BCUT2D eigenvalue weighted by Crippen LogP contribution is -2.16. The van der Waals surface area contributed by atoms with Gasteiger partial charge in [-0.3, -0.25) is 19.5 Å². The molecule has 36 heavy (non-hydrogen) atoms. The van der Waals surface area contributed by atoms with Gasteiger partial charge in [-0.05, 0) is 49.7 Å². The number of nitro groups is 1. The van der Waals surface area contributed by atoms with Crippen LogP contribution in [0, 0.1) is 22.9 Å². The van der Waals surface area contributed by atoms with Crippen LogP contribution < -0.4 is 10.1 Å². The number of nitrogens with zero attached hydrogens (tertiary/aromatic N) is 4. The van der Waals surface area contributed by atoms with Gasteiger partial charge in [0.15, 0.2) is 28.7 Å². The summed E-state index contributed by atoms with van der Waals surface area (Å²) in [6.07, 6.45) is -0.638. The van der Waals surface area contributed by atoms with Crippen LogP contribution in [0.1, 0.15) is 24.4 Å². The Bertz CT molecular complexity index is 1400. The Labute approximate surface area is 210 Å². The number of ether oxygens (including phenoxy) is 1. The highest BCUT2D eigenvalue weighted by Crippen LogP contribution is 2.29. The Kier molecular flexibility index (Phi) is 7.59. The van der Waals surface area contributed by atoms with E-state index in [1.54, 1.807) is 30.5 Å². The van der Waals surface area contributed by atoms with Crippen LogP contribution in [0.15, 0.2) is 78.0 Å². The first-order valence-electron chi connectivity index (χ1n) is 10.9. The summed E-state index contributed by atoms with van der Waals surface area (Å²) in [5.74, 6) is -0.234. The zero-order chi connectivity index (χ0) is 25.7. The van der Waals surface area contributed by atoms with Gasteiger partial charge < -0.3 is 10.1 Å². The van der Waals surface area contributed by atoms with E-state index in [0.29, 0.717) is 22.2 Å². The number of non-ortho nitro benzene ring substituents is 1. The summed E-state index contributed by atoms with van der Waals surface area (Å²) in [4.78, 5) is 23.1. The number of nitrogens with one attached hydrogen (secondary N) is 1. The number of aryl methyl sites for hydroxylation is 1. The van der Waals surface area contributed by atoms with Crippen LogP contribution in [0.3, 0.4) is 0 Å². The minimum absolute atomic E-state index is 0.0178. The van der Waals surface area contributed by atoms with Crippen molar-refractivity contribution in [3.05, 3.63) is 100 Å². The first kappa shape index (κ1) is 24.9. The molecule has 1 atom stereocenters. The van der Waals surface area contributed by atoms with Crippen LogP contribution in [-0.2, 0) is 4.79 Å². The molecule has 0 aliphatic heterocycles. The predicted molar refractivity (Wildman–Crippen MR) is 134 cm³/mol. The second-order valence-electron chi connectivity index (χ2n) is 7.80. The topological polar surface area (TPSA) is 112 Å². The molecule has 0 aliphatic rings. The Morgan fingerprint density at radius 1 is 1.14 bits per heavy atom. The first-order valence-corrected chi connectivity index (χ1v) is 11.9. The summed E-state index contributed by atoms with van der Waals surface area (Å²) < 4.78 is 21.7. The van der Waals surface area contributed by atoms with Crippen molar-refractivity contribution in [2.75, 3.05) is 11.1 Å². The third-order valence-electron chi connectivity index (χ3n) is 5.20. The first-order chi connectivity index (χ1) is 17.3. The summed E-state index contributed by atoms with van der Waals surface area (Å²) in [5, 5.41) is 22.7. The van der Waals surface area contributed by atoms with Crippen molar-refractivity contribution >= 4 is 29.0 Å². The van der Waals surface area contributed by atoms with Crippen LogP contribution in [-0.4, -0.2) is 31.3 Å². The van der Waals surface area contributed by atoms with E-state index < -0.39 is 16.8 Å². The van der Waals surface area contributed by atoms with Gasteiger partial charge in [0.05, 0.1) is 10.7 Å². The number of nitro benzene ring substituents is 1. The van der Waals surface area contributed by atoms with Crippen molar-refractivity contribution in [3.63, 3.8) is 0 Å². The average Bonchev–Trinajstić information content (AvgIpc) is 3.30. The minimum Gasteiger partial charge on any atom is -0.480 e. The van der Waals surface area contributed by atoms with Gasteiger partial charge in [-0.2, -0.15) is 0 Å². The summed E-state index contributed by atoms with van der Waals surface area (Å²) >= 11 is 1.17. The maximum atomic E-state index is 14.1. The molecule has 1 aromatic heterocycles. The number of rotatable bonds is 9. The fraction of sp³-hybridized carbons (Fsp3) is 0.160. The molecule has 0 saturated carbocycles. The monoisotopic (exact) mass is 507 g/mol. The number of thioether (sulfide) groups is 1. The number of para-hydroxylation sites is 2. The van der Waals surface area contributed by atoms with Crippen LogP contribution in [0.25, 0.3) is 5.69 Å². The number of halogens is 1. The molecule has 0 saturated heterocycles. The smallest absolute Gasteiger partial charge is 0.269 e. The van der Waals surface area contributed by atoms with E-state index in [-0.39, 0.29) is 23.1 Å². The zero-order valence-corrected chi connectivity index (χ0v) is 20.2. The third-order valence-corrected chi connectivity index (χ3v) is 6.13. The highest BCUT2D eigenvalue weighted by atomic mass is 32.2. The SMILES string of the molecule is Cc1cc([N+](=O)[O-])ccc1NC(=O)CSc1nnc(C(C)Oc2ccccc2F)n1-c1ccccc1. The average molecular weight is 508 g/mol. The molecule has 1 unspecified atom stereocenters. The summed E-state index contributed by atoms with van der Waals surface area (Å²) in [7, 11) is 0. The van der Waals surface area contributed by atoms with Gasteiger partial charge in [-0.1, -0.05) is 42.1 Å². The van der Waals surface area contributed by atoms with Gasteiger partial charge in [0, 0.05) is 23.5 Å². The van der Waals surface area contributed by atoms with Crippen molar-refractivity contribution in [1.82, 2.24) is 14.8 Å². The molecular weight excluding hydrogens is 485 g/mol. The van der Waals surface area contributed by atoms with Crippen molar-refractivity contribution in [3.8, 4) is 11.4 Å². The van der Waals surface area contributed by atoms with Gasteiger partial charge in [0.2, 0.25) is 5.91 Å². The van der Waals surface area contributed by atoms with E-state index in [9.17, 15) is 19.3 Å². The Hall–Kier alpha value is -4.25. The normalized spacial score (nSPS) is 11.6. The Morgan fingerprint density at radius 3 is 2.56 bits per heavy atom. The van der Waals surface area contributed by atoms with Crippen LogP contribution in [0.4, 0.5) is 15.8 Å². The van der Waals surface area contributed by atoms with E-state index in [1.165, 1.54) is 42.1 Å². The molecule has 1 N–H and O–H groups in total. The van der Waals surface area contributed by atoms with Crippen LogP contribution in [0.5, 0.6) is 5.75 Å². The van der Waals surface area contributed by atoms with Gasteiger partial charge in [0.25, 0.3) is 5.69 Å². The number of carbonyl (C=O) groups is 1. The molecule has 1 amide bonds. The standard InChI is InChI=1S/C25H22FN5O4S/c1-16-14-19(31(33)34)12-13-21(16)27-23(32)15-36-25-29-28-24(30(25)18-8-4-3-5-9-18)17(2)35-22-11-7-6-10-20(22)26/h3-14,17H,15H2,1-2H3,(H,27,32). The molecule has 1 heterocycles. The Balaban J connectivity index is 1.53. The highest BCUT2D eigenvalue weighted by Gasteiger charge is 2.22. The molecule has 3 aromatic carbocycles. The molecule has 0 radical (unpaired) electrons. The maximum absolute atomic E-state index is 14.1. The number of hydrogen-bond donors (Lipinski definition) is 1. The summed E-state index contributed by atoms with van der Waals surface area (Å²) in [6, 6.07) is 19.7. The zero-order valence-electron chi connectivity index (χ0n) is 19.4. The van der Waals surface area contributed by atoms with E-state index in [2.05, 4.69) is 15.5 Å². The lowest BCUT2D eigenvalue weighted by Gasteiger charge is -2.17. The highest BCUT2D eigenvalue weighted by molar-refractivity contribution is 7.99. The molecule has 0 bridgehead atoms. The number of carbonyl (C=O) groups excluding carboxylic acids is 1. The van der Waals surface area contributed by atoms with Crippen molar-refractivity contribution in [2.24, 2.45) is 0 Å². The van der Waals surface area contributed by atoms with Crippen molar-refractivity contribution in [2.45, 2.75) is 25.1 Å². The molecule has 9 nitrogen and oxygen atoms in total. The quantitative estimate of drug-likeness (QED) is 0.181. The molecule has 0 spiro atoms. The lowest BCUT2D eigenvalue weighted by molar-refractivity contribution is -0.384. The van der Waals surface area contributed by atoms with Gasteiger partial charge in [0.1, 0.15) is 0 Å². The number of hydrogen-bond acceptors (Lipinski definition) is 7. The molecule has 0 fully saturated rings. The van der Waals surface area contributed by atoms with Crippen molar-refractivity contribution in [1.29, 1.82) is 0 Å². The molecule has 11 heteroatoms. The van der Waals surface area contributed by atoms with Gasteiger partial charge in [-0.15, -0.1) is 10.2 Å². The Morgan fingerprint density at radius 2 is 1.86 bits per heavy atom. The van der Waals surface area contributed by atoms with E-state index in [0.717, 1.165) is 5.69 Å². The predicted octanol–water partition coefficient (Wildman–Crippen LogP) is 5.49. The number of aromatic nitrogens is 3. The molecule has 4 aromatic rings. The second-order valence-corrected chi connectivity index (χ2v) is 8.74. The largest absolute Gasteiger partial charge is 0.480 e. The molecular formula is C25H22FN5O4S. The minimum atomic E-state index is -0.638. The van der Waals surface area contributed by atoms with Crippen LogP contribution in [0.2, 0.25) is 0 Å². The van der Waals surface area contributed by atoms with Gasteiger partial charge in [-0.25, -0.2) is 4.39 Å². The molecule has 0 aliphatic carbocycles. The van der Waals surface area contributed by atoms with Crippen LogP contribution >= 0.6 is 11.8 Å². The van der Waals surface area contributed by atoms with E-state index >= 15 is 0 Å². The van der Waals surface area contributed by atoms with Crippen molar-refractivity contribution < 1.29 is 18.8 Å². The fourth-order valence-corrected chi connectivity index (χ4v) is 4.22. The molecule has 4 rings (SSSR count). The number of anilines is 1. The fourth-order valence-electron chi connectivity index (χ4n) is 3.46. The number of amides is 1. The number of benzene rings is 3. The van der Waals surface area contributed by atoms with E-state index in [4.69, 9.17) is 4.74 Å². The van der Waals surface area contributed by atoms with Gasteiger partial charge >= 0.3 is 0 Å². The maximum Gasteiger partial charge on any atom is 0.269 e. The van der Waals surface area contributed by atoms with E-state index in [1.807, 2.05) is 30.3 Å². The lowest BCUT2D eigenvalue weighted by atomic mass is 10.2. The summed E-state index contributed by atoms with van der Waals surface area (Å²) in [6.45, 7) is 3.43. The summed E-state index contributed by atoms with van der Waals surface area (Å²) in [5.41, 5.74) is 1.78.